The van der Waals surface area contributed by atoms with Crippen molar-refractivity contribution in [2.75, 3.05) is 13.7 Å². The van der Waals surface area contributed by atoms with Gasteiger partial charge in [-0.2, -0.15) is 0 Å². The number of amides is 2. The predicted molar refractivity (Wildman–Crippen MR) is 101 cm³/mol. The minimum Gasteiger partial charge on any atom is -0.496 e. The van der Waals surface area contributed by atoms with Gasteiger partial charge in [-0.3, -0.25) is 25.8 Å². The van der Waals surface area contributed by atoms with Gasteiger partial charge in [-0.15, -0.1) is 0 Å². The number of halogens is 1. The van der Waals surface area contributed by atoms with E-state index >= 15 is 0 Å². The summed E-state index contributed by atoms with van der Waals surface area (Å²) in [7, 11) is 1.46. The first-order chi connectivity index (χ1) is 12.5. The van der Waals surface area contributed by atoms with Crippen LogP contribution in [0.4, 0.5) is 0 Å². The van der Waals surface area contributed by atoms with Gasteiger partial charge in [0.1, 0.15) is 11.5 Å². The number of rotatable bonds is 5. The van der Waals surface area contributed by atoms with E-state index in [1.165, 1.54) is 7.11 Å². The van der Waals surface area contributed by atoms with Crippen LogP contribution in [-0.4, -0.2) is 30.6 Å². The van der Waals surface area contributed by atoms with Gasteiger partial charge in [-0.25, -0.2) is 0 Å². The zero-order chi connectivity index (χ0) is 18.9. The van der Waals surface area contributed by atoms with Gasteiger partial charge in [0.05, 0.1) is 17.7 Å². The summed E-state index contributed by atoms with van der Waals surface area (Å²) in [6, 6.07) is 13.5. The lowest BCUT2D eigenvalue weighted by Gasteiger charge is -2.12. The molecular weight excluding hydrogens is 378 g/mol. The lowest BCUT2D eigenvalue weighted by molar-refractivity contribution is -0.123. The molecule has 0 bridgehead atoms. The maximum absolute atomic E-state index is 12.2. The first-order valence-electron chi connectivity index (χ1n) is 7.41. The summed E-state index contributed by atoms with van der Waals surface area (Å²) in [5.41, 5.74) is 5.04. The Morgan fingerprint density at radius 2 is 1.69 bits per heavy atom. The minimum atomic E-state index is -0.501. The molecule has 2 aromatic rings. The summed E-state index contributed by atoms with van der Waals surface area (Å²) in [5, 5.41) is 2.75. The monoisotopic (exact) mass is 393 g/mol. The topological polar surface area (TPSA) is 88.7 Å². The molecule has 0 saturated heterocycles. The quantitative estimate of drug-likeness (QED) is 0.532. The van der Waals surface area contributed by atoms with Gasteiger partial charge >= 0.3 is 0 Å². The van der Waals surface area contributed by atoms with Gasteiger partial charge in [-0.05, 0) is 36.5 Å². The van der Waals surface area contributed by atoms with Gasteiger partial charge in [0.25, 0.3) is 11.8 Å². The molecule has 7 nitrogen and oxygen atoms in total. The van der Waals surface area contributed by atoms with Crippen molar-refractivity contribution in [1.29, 1.82) is 0 Å². The first-order valence-corrected chi connectivity index (χ1v) is 8.20. The van der Waals surface area contributed by atoms with E-state index in [9.17, 15) is 9.59 Å². The van der Waals surface area contributed by atoms with Crippen molar-refractivity contribution in [3.63, 3.8) is 0 Å². The molecule has 0 heterocycles. The summed E-state index contributed by atoms with van der Waals surface area (Å²) in [6.07, 6.45) is 0. The number of benzene rings is 2. The zero-order valence-corrected chi connectivity index (χ0v) is 15.3. The Morgan fingerprint density at radius 1 is 1.04 bits per heavy atom. The number of hydrazine groups is 1. The Balaban J connectivity index is 1.78. The summed E-state index contributed by atoms with van der Waals surface area (Å²) in [5.74, 6) is -0.179. The molecule has 136 valence electrons. The Labute approximate surface area is 160 Å². The molecule has 2 aromatic carbocycles. The third kappa shape index (κ3) is 5.61. The van der Waals surface area contributed by atoms with E-state index in [-0.39, 0.29) is 11.7 Å². The van der Waals surface area contributed by atoms with Crippen LogP contribution in [-0.2, 0) is 4.79 Å². The molecule has 0 spiro atoms. The highest BCUT2D eigenvalue weighted by molar-refractivity contribution is 7.80. The number of thiocarbonyl (C=S) groups is 1. The van der Waals surface area contributed by atoms with Gasteiger partial charge in [0.2, 0.25) is 0 Å². The molecule has 9 heteroatoms. The zero-order valence-electron chi connectivity index (χ0n) is 13.7. The van der Waals surface area contributed by atoms with Crippen molar-refractivity contribution in [3.05, 3.63) is 59.1 Å². The summed E-state index contributed by atoms with van der Waals surface area (Å²) >= 11 is 10.9. The number of nitrogens with one attached hydrogen (secondary N) is 3. The molecule has 0 aromatic heterocycles. The molecule has 3 N–H and O–H groups in total. The van der Waals surface area contributed by atoms with Crippen LogP contribution < -0.4 is 25.6 Å². The second-order valence-corrected chi connectivity index (χ2v) is 5.69. The van der Waals surface area contributed by atoms with E-state index in [1.807, 2.05) is 0 Å². The third-order valence-electron chi connectivity index (χ3n) is 3.09. The van der Waals surface area contributed by atoms with E-state index in [1.54, 1.807) is 48.5 Å². The number of hydrogen-bond acceptors (Lipinski definition) is 5. The third-order valence-corrected chi connectivity index (χ3v) is 3.61. The molecule has 0 radical (unpaired) electrons. The Kier molecular flexibility index (Phi) is 7.19. The summed E-state index contributed by atoms with van der Waals surface area (Å²) in [6.45, 7) is -0.278. The molecule has 2 amide bonds. The highest BCUT2D eigenvalue weighted by Gasteiger charge is 2.13. The Hall–Kier alpha value is -2.84. The normalized spacial score (nSPS) is 9.77. The van der Waals surface area contributed by atoms with Crippen molar-refractivity contribution in [2.45, 2.75) is 0 Å². The predicted octanol–water partition coefficient (Wildman–Crippen LogP) is 2.06. The molecular formula is C17H16ClN3O4S. The van der Waals surface area contributed by atoms with Crippen LogP contribution in [0.2, 0.25) is 5.02 Å². The van der Waals surface area contributed by atoms with Crippen LogP contribution in [0.1, 0.15) is 10.4 Å². The van der Waals surface area contributed by atoms with Crippen LogP contribution in [0.3, 0.4) is 0 Å². The van der Waals surface area contributed by atoms with E-state index < -0.39 is 11.8 Å². The summed E-state index contributed by atoms with van der Waals surface area (Å²) < 4.78 is 10.4. The molecule has 0 fully saturated rings. The molecule has 0 unspecified atom stereocenters. The van der Waals surface area contributed by atoms with Crippen molar-refractivity contribution in [2.24, 2.45) is 0 Å². The van der Waals surface area contributed by atoms with Gasteiger partial charge < -0.3 is 9.47 Å². The van der Waals surface area contributed by atoms with Gasteiger partial charge in [0, 0.05) is 0 Å². The molecule has 0 atom stereocenters. The van der Waals surface area contributed by atoms with E-state index in [0.717, 1.165) is 0 Å². The van der Waals surface area contributed by atoms with E-state index in [4.69, 9.17) is 33.3 Å². The van der Waals surface area contributed by atoms with Crippen LogP contribution in [0.25, 0.3) is 0 Å². The number of hydrogen-bond donors (Lipinski definition) is 3. The lowest BCUT2D eigenvalue weighted by Crippen LogP contribution is -2.49. The van der Waals surface area contributed by atoms with Gasteiger partial charge in [0.15, 0.2) is 11.7 Å². The molecule has 0 aliphatic carbocycles. The highest BCUT2D eigenvalue weighted by Crippen LogP contribution is 2.22. The van der Waals surface area contributed by atoms with Gasteiger partial charge in [-0.1, -0.05) is 35.9 Å². The average molecular weight is 394 g/mol. The fourth-order valence-corrected chi connectivity index (χ4v) is 2.24. The molecule has 2 rings (SSSR count). The number of methoxy groups -OCH3 is 1. The molecule has 26 heavy (non-hydrogen) atoms. The molecule has 0 aliphatic rings. The maximum atomic E-state index is 12.2. The van der Waals surface area contributed by atoms with Crippen LogP contribution in [0, 0.1) is 0 Å². The Bertz CT molecular complexity index is 816. The Morgan fingerprint density at radius 3 is 2.38 bits per heavy atom. The van der Waals surface area contributed by atoms with Crippen molar-refractivity contribution in [3.8, 4) is 11.5 Å². The van der Waals surface area contributed by atoms with Crippen molar-refractivity contribution >= 4 is 40.7 Å². The molecule has 0 aliphatic heterocycles. The second-order valence-electron chi connectivity index (χ2n) is 4.88. The number of carbonyl (C=O) groups is 2. The van der Waals surface area contributed by atoms with Crippen LogP contribution in [0.15, 0.2) is 48.5 Å². The highest BCUT2D eigenvalue weighted by atomic mass is 35.5. The van der Waals surface area contributed by atoms with Crippen molar-refractivity contribution < 1.29 is 19.1 Å². The fraction of sp³-hybridized carbons (Fsp3) is 0.118. The maximum Gasteiger partial charge on any atom is 0.276 e. The first kappa shape index (κ1) is 19.5. The number of para-hydroxylation sites is 2. The SMILES string of the molecule is COc1ccccc1C(=O)NC(=S)NNC(=O)COc1ccccc1Cl. The lowest BCUT2D eigenvalue weighted by atomic mass is 10.2. The second kappa shape index (κ2) is 9.59. The van der Waals surface area contributed by atoms with Crippen molar-refractivity contribution in [1.82, 2.24) is 16.2 Å². The smallest absolute Gasteiger partial charge is 0.276 e. The average Bonchev–Trinajstić information content (AvgIpc) is 2.65. The standard InChI is InChI=1S/C17H16ClN3O4S/c1-24-13-8-4-2-6-11(13)16(23)19-17(26)21-20-15(22)10-25-14-9-5-3-7-12(14)18/h2-9H,10H2,1H3,(H,20,22)(H2,19,21,23,26). The van der Waals surface area contributed by atoms with Crippen LogP contribution >= 0.6 is 23.8 Å². The number of carbonyl (C=O) groups excluding carboxylic acids is 2. The minimum absolute atomic E-state index is 0.0769. The fourth-order valence-electron chi connectivity index (χ4n) is 1.90. The van der Waals surface area contributed by atoms with E-state index in [0.29, 0.717) is 22.1 Å². The summed E-state index contributed by atoms with van der Waals surface area (Å²) in [4.78, 5) is 23.9. The largest absolute Gasteiger partial charge is 0.496 e. The molecule has 0 saturated carbocycles. The number of ether oxygens (including phenoxy) is 2. The van der Waals surface area contributed by atoms with Crippen LogP contribution in [0.5, 0.6) is 11.5 Å². The van der Waals surface area contributed by atoms with E-state index in [2.05, 4.69) is 16.2 Å².